The summed E-state index contributed by atoms with van der Waals surface area (Å²) in [6.45, 7) is 17.9. The quantitative estimate of drug-likeness (QED) is 0.298. The molecule has 0 aromatic rings. The zero-order valence-corrected chi connectivity index (χ0v) is 8.33. The first-order valence-electron chi connectivity index (χ1n) is 3.52. The van der Waals surface area contributed by atoms with Gasteiger partial charge in [0.25, 0.3) is 0 Å². The second-order valence-corrected chi connectivity index (χ2v) is 3.78. The molecule has 0 unspecified atom stereocenters. The van der Waals surface area contributed by atoms with Crippen LogP contribution in [-0.4, -0.2) is 0 Å². The topological polar surface area (TPSA) is 0 Å². The third-order valence-electron chi connectivity index (χ3n) is 1.52. The van der Waals surface area contributed by atoms with Gasteiger partial charge < -0.3 is 0 Å². The summed E-state index contributed by atoms with van der Waals surface area (Å²) in [6.07, 6.45) is 0.851. The number of allylic oxidation sites excluding steroid dienone is 2. The molecule has 0 aliphatic rings. The summed E-state index contributed by atoms with van der Waals surface area (Å²) >= 11 is 0. The smallest absolute Gasteiger partial charge is 0.242 e. The van der Waals surface area contributed by atoms with Crippen LogP contribution in [0.2, 0.25) is 0 Å². The molecule has 0 aromatic carbocycles. The van der Waals surface area contributed by atoms with E-state index in [0.717, 1.165) is 12.0 Å². The van der Waals surface area contributed by atoms with Crippen molar-refractivity contribution >= 4 is 0 Å². The van der Waals surface area contributed by atoms with Gasteiger partial charge in [0.05, 0.1) is 0 Å². The van der Waals surface area contributed by atoms with Crippen LogP contribution in [0, 0.1) is 12.3 Å². The van der Waals surface area contributed by atoms with Gasteiger partial charge in [0.1, 0.15) is 0 Å². The van der Waals surface area contributed by atoms with Crippen molar-refractivity contribution in [2.75, 3.05) is 0 Å². The van der Waals surface area contributed by atoms with E-state index in [0.29, 0.717) is 0 Å². The molecule has 0 atom stereocenters. The van der Waals surface area contributed by atoms with Crippen LogP contribution in [-0.2, 0) is 0 Å². The van der Waals surface area contributed by atoms with Crippen LogP contribution in [0.1, 0.15) is 27.2 Å². The first kappa shape index (κ1) is 13.5. The predicted molar refractivity (Wildman–Crippen MR) is 47.7 cm³/mol. The maximum Gasteiger partial charge on any atom is 1.00 e. The first-order chi connectivity index (χ1) is 4.34. The first-order valence-corrected chi connectivity index (χ1v) is 3.52. The molecule has 0 radical (unpaired) electrons. The van der Waals surface area contributed by atoms with Crippen LogP contribution in [0.3, 0.4) is 0 Å². The minimum Gasteiger partial charge on any atom is -0.242 e. The third kappa shape index (κ3) is 6.35. The molecule has 11 heavy (non-hydrogen) atoms. The number of rotatable bonds is 2. The molecular formula is C10H17Li. The Hall–Kier alpha value is -0.0526. The van der Waals surface area contributed by atoms with Crippen molar-refractivity contribution in [1.82, 2.24) is 0 Å². The summed E-state index contributed by atoms with van der Waals surface area (Å²) in [6, 6.07) is 0. The summed E-state index contributed by atoms with van der Waals surface area (Å²) in [4.78, 5) is 0. The molecule has 0 N–H and O–H groups in total. The Morgan fingerprint density at radius 2 is 1.64 bits per heavy atom. The summed E-state index contributed by atoms with van der Waals surface area (Å²) in [5.41, 5.74) is 2.34. The van der Waals surface area contributed by atoms with Gasteiger partial charge in [0.2, 0.25) is 0 Å². The van der Waals surface area contributed by atoms with Gasteiger partial charge in [-0.1, -0.05) is 32.9 Å². The molecule has 0 saturated carbocycles. The van der Waals surface area contributed by atoms with Gasteiger partial charge in [-0.3, -0.25) is 0 Å². The maximum absolute atomic E-state index is 3.97. The molecule has 0 heterocycles. The Morgan fingerprint density at radius 1 is 1.27 bits per heavy atom. The molecule has 0 nitrogen and oxygen atoms in total. The maximum atomic E-state index is 3.97. The summed E-state index contributed by atoms with van der Waals surface area (Å²) in [5, 5.41) is 0. The number of hydrogen-bond donors (Lipinski definition) is 0. The van der Waals surface area contributed by atoms with Gasteiger partial charge in [-0.05, 0) is 11.8 Å². The standard InChI is InChI=1S/C10H17.Li/c1-8(2)7-9(3)10(4,5)6;/h1-3,7H2,4-6H3;/q-1;+1. The summed E-state index contributed by atoms with van der Waals surface area (Å²) in [5.74, 6) is 0. The van der Waals surface area contributed by atoms with E-state index in [1.807, 2.05) is 0 Å². The minimum absolute atomic E-state index is 0. The van der Waals surface area contributed by atoms with Crippen molar-refractivity contribution < 1.29 is 18.9 Å². The Kier molecular flexibility index (Phi) is 5.84. The molecular weight excluding hydrogens is 127 g/mol. The van der Waals surface area contributed by atoms with Gasteiger partial charge in [-0.2, -0.15) is 0 Å². The fourth-order valence-electron chi connectivity index (χ4n) is 0.567. The van der Waals surface area contributed by atoms with Crippen molar-refractivity contribution in [2.45, 2.75) is 27.2 Å². The van der Waals surface area contributed by atoms with Crippen molar-refractivity contribution in [3.63, 3.8) is 0 Å². The molecule has 0 spiro atoms. The molecule has 0 rings (SSSR count). The van der Waals surface area contributed by atoms with E-state index in [9.17, 15) is 0 Å². The number of hydrogen-bond acceptors (Lipinski definition) is 0. The van der Waals surface area contributed by atoms with E-state index >= 15 is 0 Å². The molecule has 0 aromatic heterocycles. The molecule has 0 aliphatic carbocycles. The van der Waals surface area contributed by atoms with Gasteiger partial charge in [-0.25, -0.2) is 19.1 Å². The fourth-order valence-corrected chi connectivity index (χ4v) is 0.567. The predicted octanol–water partition coefficient (Wildman–Crippen LogP) is 0.373. The largest absolute Gasteiger partial charge is 1.00 e. The van der Waals surface area contributed by atoms with Gasteiger partial charge in [0.15, 0.2) is 0 Å². The van der Waals surface area contributed by atoms with Crippen LogP contribution in [0.4, 0.5) is 0 Å². The van der Waals surface area contributed by atoms with Gasteiger partial charge >= 0.3 is 18.9 Å². The monoisotopic (exact) mass is 144 g/mol. The Balaban J connectivity index is 0. The van der Waals surface area contributed by atoms with E-state index in [2.05, 4.69) is 40.9 Å². The SMILES string of the molecule is C=C([CH2-])CC(=C)C(C)(C)C.[Li+]. The molecule has 0 aliphatic heterocycles. The molecule has 0 amide bonds. The second-order valence-electron chi connectivity index (χ2n) is 3.78. The Labute approximate surface area is 82.9 Å². The molecule has 1 heteroatoms. The van der Waals surface area contributed by atoms with Crippen molar-refractivity contribution in [3.8, 4) is 0 Å². The molecule has 0 bridgehead atoms. The van der Waals surface area contributed by atoms with E-state index in [1.54, 1.807) is 0 Å². The fraction of sp³-hybridized carbons (Fsp3) is 0.500. The van der Waals surface area contributed by atoms with Crippen LogP contribution < -0.4 is 18.9 Å². The van der Waals surface area contributed by atoms with E-state index in [-0.39, 0.29) is 24.3 Å². The van der Waals surface area contributed by atoms with Crippen LogP contribution in [0.15, 0.2) is 24.3 Å². The van der Waals surface area contributed by atoms with Crippen molar-refractivity contribution in [3.05, 3.63) is 31.2 Å². The van der Waals surface area contributed by atoms with Gasteiger partial charge in [-0.15, -0.1) is 0 Å². The van der Waals surface area contributed by atoms with Crippen molar-refractivity contribution in [2.24, 2.45) is 5.41 Å². The van der Waals surface area contributed by atoms with Crippen LogP contribution >= 0.6 is 0 Å². The Morgan fingerprint density at radius 3 is 1.73 bits per heavy atom. The van der Waals surface area contributed by atoms with Gasteiger partial charge in [0, 0.05) is 0 Å². The summed E-state index contributed by atoms with van der Waals surface area (Å²) in [7, 11) is 0. The zero-order chi connectivity index (χ0) is 8.36. The van der Waals surface area contributed by atoms with Crippen LogP contribution in [0.25, 0.3) is 0 Å². The second kappa shape index (κ2) is 4.75. The molecule has 58 valence electrons. The minimum atomic E-state index is 0. The average molecular weight is 144 g/mol. The van der Waals surface area contributed by atoms with E-state index < -0.39 is 0 Å². The van der Waals surface area contributed by atoms with E-state index in [1.165, 1.54) is 5.57 Å². The zero-order valence-electron chi connectivity index (χ0n) is 8.33. The molecule has 0 saturated heterocycles. The van der Waals surface area contributed by atoms with Crippen molar-refractivity contribution in [1.29, 1.82) is 0 Å². The molecule has 0 fully saturated rings. The van der Waals surface area contributed by atoms with E-state index in [4.69, 9.17) is 0 Å². The normalized spacial score (nSPS) is 10.1. The van der Waals surface area contributed by atoms with Crippen LogP contribution in [0.5, 0.6) is 0 Å². The average Bonchev–Trinajstić information content (AvgIpc) is 1.60. The Bertz CT molecular complexity index is 149. The summed E-state index contributed by atoms with van der Waals surface area (Å²) < 4.78 is 0. The third-order valence-corrected chi connectivity index (χ3v) is 1.52.